The SMILES string of the molecule is CC(C)(CCN)Nc1ccc(S(=O)(=O)C(F)F)cc1. The highest BCUT2D eigenvalue weighted by Gasteiger charge is 2.26. The smallest absolute Gasteiger partial charge is 0.341 e. The molecule has 0 atom stereocenters. The largest absolute Gasteiger partial charge is 0.380 e. The Morgan fingerprint density at radius 3 is 2.21 bits per heavy atom. The molecule has 0 saturated carbocycles. The van der Waals surface area contributed by atoms with Gasteiger partial charge in [0.2, 0.25) is 9.84 Å². The van der Waals surface area contributed by atoms with Crippen molar-refractivity contribution >= 4 is 15.5 Å². The summed E-state index contributed by atoms with van der Waals surface area (Å²) in [5.74, 6) is -3.40. The number of alkyl halides is 2. The summed E-state index contributed by atoms with van der Waals surface area (Å²) in [6.07, 6.45) is 0.726. The number of sulfone groups is 1. The first-order valence-corrected chi connectivity index (χ1v) is 7.34. The van der Waals surface area contributed by atoms with Crippen LogP contribution in [0.4, 0.5) is 14.5 Å². The van der Waals surface area contributed by atoms with Crippen LogP contribution < -0.4 is 11.1 Å². The summed E-state index contributed by atoms with van der Waals surface area (Å²) in [5, 5.41) is 3.16. The number of halogens is 2. The quantitative estimate of drug-likeness (QED) is 0.843. The summed E-state index contributed by atoms with van der Waals surface area (Å²) >= 11 is 0. The van der Waals surface area contributed by atoms with E-state index in [0.717, 1.165) is 6.42 Å². The van der Waals surface area contributed by atoms with Gasteiger partial charge in [0.25, 0.3) is 0 Å². The molecule has 4 nitrogen and oxygen atoms in total. The zero-order valence-electron chi connectivity index (χ0n) is 10.9. The van der Waals surface area contributed by atoms with Crippen LogP contribution in [0.25, 0.3) is 0 Å². The molecule has 0 aliphatic rings. The Hall–Kier alpha value is -1.21. The molecule has 3 N–H and O–H groups in total. The van der Waals surface area contributed by atoms with E-state index in [9.17, 15) is 17.2 Å². The van der Waals surface area contributed by atoms with Gasteiger partial charge in [0.05, 0.1) is 4.90 Å². The fourth-order valence-corrected chi connectivity index (χ4v) is 2.37. The Bertz CT molecular complexity index is 513. The van der Waals surface area contributed by atoms with Crippen molar-refractivity contribution in [2.75, 3.05) is 11.9 Å². The molecule has 0 radical (unpaired) electrons. The van der Waals surface area contributed by atoms with Crippen LogP contribution in [0.2, 0.25) is 0 Å². The molecule has 19 heavy (non-hydrogen) atoms. The predicted octanol–water partition coefficient (Wildman–Crippen LogP) is 2.22. The Morgan fingerprint density at radius 2 is 1.79 bits per heavy atom. The van der Waals surface area contributed by atoms with Gasteiger partial charge in [-0.2, -0.15) is 8.78 Å². The van der Waals surface area contributed by atoms with Crippen LogP contribution in [-0.2, 0) is 9.84 Å². The molecule has 1 rings (SSSR count). The van der Waals surface area contributed by atoms with Crippen molar-refractivity contribution in [3.05, 3.63) is 24.3 Å². The van der Waals surface area contributed by atoms with E-state index in [1.807, 2.05) is 13.8 Å². The minimum absolute atomic E-state index is 0.252. The van der Waals surface area contributed by atoms with Gasteiger partial charge in [0.15, 0.2) is 0 Å². The van der Waals surface area contributed by atoms with E-state index in [2.05, 4.69) is 5.32 Å². The minimum atomic E-state index is -4.53. The molecule has 0 heterocycles. The average Bonchev–Trinajstić information content (AvgIpc) is 2.28. The maximum absolute atomic E-state index is 12.4. The molecule has 0 aliphatic heterocycles. The highest BCUT2D eigenvalue weighted by atomic mass is 32.2. The van der Waals surface area contributed by atoms with E-state index in [4.69, 9.17) is 5.73 Å². The van der Waals surface area contributed by atoms with Gasteiger partial charge in [-0.05, 0) is 51.1 Å². The first kappa shape index (κ1) is 15.8. The molecule has 0 spiro atoms. The first-order chi connectivity index (χ1) is 8.69. The lowest BCUT2D eigenvalue weighted by Crippen LogP contribution is -2.33. The van der Waals surface area contributed by atoms with Gasteiger partial charge in [-0.25, -0.2) is 8.42 Å². The van der Waals surface area contributed by atoms with Gasteiger partial charge < -0.3 is 11.1 Å². The van der Waals surface area contributed by atoms with Crippen LogP contribution in [0.5, 0.6) is 0 Å². The van der Waals surface area contributed by atoms with E-state index >= 15 is 0 Å². The number of hydrogen-bond donors (Lipinski definition) is 2. The molecular formula is C12H18F2N2O2S. The van der Waals surface area contributed by atoms with Gasteiger partial charge >= 0.3 is 5.76 Å². The number of rotatable bonds is 6. The van der Waals surface area contributed by atoms with E-state index in [1.54, 1.807) is 0 Å². The second-order valence-electron chi connectivity index (χ2n) is 4.88. The molecule has 0 amide bonds. The van der Waals surface area contributed by atoms with Crippen LogP contribution >= 0.6 is 0 Å². The van der Waals surface area contributed by atoms with Crippen LogP contribution in [-0.4, -0.2) is 26.3 Å². The lowest BCUT2D eigenvalue weighted by molar-refractivity contribution is 0.234. The zero-order valence-corrected chi connectivity index (χ0v) is 11.7. The van der Waals surface area contributed by atoms with Crippen molar-refractivity contribution in [2.24, 2.45) is 5.73 Å². The van der Waals surface area contributed by atoms with Crippen molar-refractivity contribution in [2.45, 2.75) is 36.5 Å². The van der Waals surface area contributed by atoms with Crippen LogP contribution in [0, 0.1) is 0 Å². The Labute approximate surface area is 111 Å². The summed E-state index contributed by atoms with van der Waals surface area (Å²) < 4.78 is 47.2. The minimum Gasteiger partial charge on any atom is -0.380 e. The average molecular weight is 292 g/mol. The number of benzene rings is 1. The normalized spacial score (nSPS) is 12.7. The zero-order chi connectivity index (χ0) is 14.7. The highest BCUT2D eigenvalue weighted by Crippen LogP contribution is 2.22. The van der Waals surface area contributed by atoms with E-state index in [1.165, 1.54) is 24.3 Å². The van der Waals surface area contributed by atoms with E-state index < -0.39 is 15.6 Å². The molecule has 0 unspecified atom stereocenters. The van der Waals surface area contributed by atoms with E-state index in [0.29, 0.717) is 12.2 Å². The second-order valence-corrected chi connectivity index (χ2v) is 6.80. The molecule has 1 aromatic rings. The highest BCUT2D eigenvalue weighted by molar-refractivity contribution is 7.91. The number of anilines is 1. The molecule has 0 bridgehead atoms. The third kappa shape index (κ3) is 4.14. The summed E-state index contributed by atoms with van der Waals surface area (Å²) in [7, 11) is -4.53. The van der Waals surface area contributed by atoms with Crippen LogP contribution in [0.15, 0.2) is 29.2 Å². The standard InChI is InChI=1S/C12H18F2N2O2S/c1-12(2,7-8-15)16-9-3-5-10(6-4-9)19(17,18)11(13)14/h3-6,11,16H,7-8,15H2,1-2H3. The summed E-state index contributed by atoms with van der Waals surface area (Å²) in [5.41, 5.74) is 5.89. The Kier molecular flexibility index (Phi) is 4.86. The first-order valence-electron chi connectivity index (χ1n) is 5.79. The molecular weight excluding hydrogens is 274 g/mol. The second kappa shape index (κ2) is 5.83. The maximum atomic E-state index is 12.4. The number of nitrogens with two attached hydrogens (primary N) is 1. The van der Waals surface area contributed by atoms with Gasteiger partial charge in [0.1, 0.15) is 0 Å². The van der Waals surface area contributed by atoms with E-state index in [-0.39, 0.29) is 10.4 Å². The van der Waals surface area contributed by atoms with Gasteiger partial charge in [-0.15, -0.1) is 0 Å². The predicted molar refractivity (Wildman–Crippen MR) is 71.0 cm³/mol. The fraction of sp³-hybridized carbons (Fsp3) is 0.500. The lowest BCUT2D eigenvalue weighted by Gasteiger charge is -2.27. The molecule has 0 aliphatic carbocycles. The maximum Gasteiger partial charge on any atom is 0.341 e. The topological polar surface area (TPSA) is 72.2 Å². The lowest BCUT2D eigenvalue weighted by atomic mass is 10.0. The summed E-state index contributed by atoms with van der Waals surface area (Å²) in [6, 6.07) is 5.27. The molecule has 0 aromatic heterocycles. The summed E-state index contributed by atoms with van der Waals surface area (Å²) in [4.78, 5) is -0.385. The monoisotopic (exact) mass is 292 g/mol. The number of nitrogens with one attached hydrogen (secondary N) is 1. The number of hydrogen-bond acceptors (Lipinski definition) is 4. The molecule has 1 aromatic carbocycles. The Balaban J connectivity index is 2.89. The summed E-state index contributed by atoms with van der Waals surface area (Å²) in [6.45, 7) is 4.41. The van der Waals surface area contributed by atoms with Gasteiger partial charge in [-0.1, -0.05) is 0 Å². The third-order valence-corrected chi connectivity index (χ3v) is 4.07. The van der Waals surface area contributed by atoms with Gasteiger partial charge in [-0.3, -0.25) is 0 Å². The molecule has 0 saturated heterocycles. The van der Waals surface area contributed by atoms with Crippen LogP contribution in [0.1, 0.15) is 20.3 Å². The molecule has 108 valence electrons. The van der Waals surface area contributed by atoms with Crippen molar-refractivity contribution < 1.29 is 17.2 Å². The van der Waals surface area contributed by atoms with Crippen molar-refractivity contribution in [3.8, 4) is 0 Å². The van der Waals surface area contributed by atoms with Gasteiger partial charge in [0, 0.05) is 11.2 Å². The van der Waals surface area contributed by atoms with Crippen molar-refractivity contribution in [1.82, 2.24) is 0 Å². The third-order valence-electron chi connectivity index (χ3n) is 2.67. The van der Waals surface area contributed by atoms with Crippen molar-refractivity contribution in [3.63, 3.8) is 0 Å². The van der Waals surface area contributed by atoms with Crippen LogP contribution in [0.3, 0.4) is 0 Å². The molecule has 0 fully saturated rings. The Morgan fingerprint density at radius 1 is 1.26 bits per heavy atom. The fourth-order valence-electron chi connectivity index (χ4n) is 1.64. The molecule has 7 heteroatoms. The van der Waals surface area contributed by atoms with Crippen molar-refractivity contribution in [1.29, 1.82) is 0 Å².